The minimum absolute atomic E-state index is 0. The third kappa shape index (κ3) is 60.3. The molecule has 0 aliphatic carbocycles. The molecule has 0 saturated heterocycles. The fourth-order valence-corrected chi connectivity index (χ4v) is 14.1. The maximum atomic E-state index is 13.9. The van der Waals surface area contributed by atoms with Crippen molar-refractivity contribution in [2.75, 3.05) is 65.1 Å². The van der Waals surface area contributed by atoms with Crippen molar-refractivity contribution in [3.8, 4) is 0 Å². The zero-order valence-corrected chi connectivity index (χ0v) is 52.3. The van der Waals surface area contributed by atoms with Crippen molar-refractivity contribution in [2.45, 2.75) is 340 Å². The summed E-state index contributed by atoms with van der Waals surface area (Å²) in [5.74, 6) is 2.67. The first-order valence-corrected chi connectivity index (χ1v) is 36.1. The first-order chi connectivity index (χ1) is 35.7. The molecule has 0 aromatic rings. The predicted molar refractivity (Wildman–Crippen MR) is 336 cm³/mol. The van der Waals surface area contributed by atoms with Gasteiger partial charge in [-0.15, -0.1) is 7.05 Å². The summed E-state index contributed by atoms with van der Waals surface area (Å²) in [5.41, 5.74) is 0. The molecule has 0 spiro atoms. The molecule has 0 heterocycles. The minimum atomic E-state index is -3.35. The van der Waals surface area contributed by atoms with E-state index in [0.29, 0.717) is 37.5 Å². The third-order valence-electron chi connectivity index (χ3n) is 15.0. The Hall–Kier alpha value is 0.690. The minimum Gasteiger partial charge on any atom is -0.461 e. The van der Waals surface area contributed by atoms with E-state index in [1.807, 2.05) is 0 Å². The molecule has 0 fully saturated rings. The summed E-state index contributed by atoms with van der Waals surface area (Å²) in [4.78, 5) is 0. The summed E-state index contributed by atoms with van der Waals surface area (Å²) < 4.78 is 26.5. The summed E-state index contributed by atoms with van der Waals surface area (Å²) >= 11 is 4.57. The van der Waals surface area contributed by atoms with Crippen LogP contribution in [0.3, 0.4) is 0 Å². The van der Waals surface area contributed by atoms with Crippen LogP contribution in [0.1, 0.15) is 329 Å². The number of rotatable bonds is 64. The maximum absolute atomic E-state index is 13.9. The smallest absolute Gasteiger partial charge is 0.405 e. The average Bonchev–Trinajstić information content (AvgIpc) is 3.37. The molecule has 0 amide bonds. The molecule has 3 N–H and O–H groups in total. The Kier molecular flexibility index (Phi) is 63.6. The summed E-state index contributed by atoms with van der Waals surface area (Å²) in [5, 5.41) is 22.8. The molecule has 0 aliphatic heterocycles. The van der Waals surface area contributed by atoms with Crippen molar-refractivity contribution in [3.63, 3.8) is 0 Å². The van der Waals surface area contributed by atoms with Crippen LogP contribution in [-0.4, -0.2) is 90.3 Å². The van der Waals surface area contributed by atoms with Gasteiger partial charge in [-0.3, -0.25) is 9.05 Å². The van der Waals surface area contributed by atoms with Crippen molar-refractivity contribution in [1.29, 1.82) is 0 Å². The SMILES string of the molecule is C.[CH2-][N+](C)(C)CCNP(=O)(OCCCCCCCCC(CCCCCCCCC)SCCCCCCCCCCCO)OCCCCCCCCC(CCCCCCCCC)SCCCCCCCCCCCO. The zero-order chi connectivity index (χ0) is 53.3. The van der Waals surface area contributed by atoms with E-state index in [1.54, 1.807) is 0 Å². The number of hydrogen-bond donors (Lipinski definition) is 3. The Labute approximate surface area is 474 Å². The van der Waals surface area contributed by atoms with Gasteiger partial charge in [0.1, 0.15) is 0 Å². The lowest BCUT2D eigenvalue weighted by Gasteiger charge is -2.33. The second kappa shape index (κ2) is 61.3. The van der Waals surface area contributed by atoms with Crippen LogP contribution in [-0.2, 0) is 13.6 Å². The van der Waals surface area contributed by atoms with Crippen molar-refractivity contribution in [1.82, 2.24) is 5.09 Å². The highest BCUT2D eigenvalue weighted by atomic mass is 32.2. The van der Waals surface area contributed by atoms with Crippen LogP contribution in [0.5, 0.6) is 0 Å². The molecule has 0 aromatic carbocycles. The lowest BCUT2D eigenvalue weighted by Crippen LogP contribution is -2.38. The van der Waals surface area contributed by atoms with Gasteiger partial charge in [0, 0.05) is 37.8 Å². The van der Waals surface area contributed by atoms with Crippen LogP contribution >= 0.6 is 31.3 Å². The number of nitrogens with one attached hydrogen (secondary N) is 1. The Bertz CT molecular complexity index is 1030. The van der Waals surface area contributed by atoms with Gasteiger partial charge >= 0.3 is 7.75 Å². The van der Waals surface area contributed by atoms with E-state index in [0.717, 1.165) is 55.6 Å². The van der Waals surface area contributed by atoms with Crippen LogP contribution < -0.4 is 5.09 Å². The zero-order valence-electron chi connectivity index (χ0n) is 49.8. The van der Waals surface area contributed by atoms with E-state index in [2.05, 4.69) is 63.6 Å². The first kappa shape index (κ1) is 76.8. The number of thioether (sulfide) groups is 2. The van der Waals surface area contributed by atoms with Gasteiger partial charge in [-0.2, -0.15) is 23.5 Å². The van der Waals surface area contributed by atoms with Gasteiger partial charge in [-0.25, -0.2) is 9.65 Å². The summed E-state index contributed by atoms with van der Waals surface area (Å²) in [6.45, 7) is 7.61. The molecule has 2 atom stereocenters. The van der Waals surface area contributed by atoms with Crippen LogP contribution in [0, 0.1) is 7.05 Å². The second-order valence-electron chi connectivity index (χ2n) is 23.2. The number of likely N-dealkylation sites (N-methyl/N-ethyl adjacent to an activating group) is 1. The number of quaternary nitrogens is 1. The largest absolute Gasteiger partial charge is 0.461 e. The van der Waals surface area contributed by atoms with E-state index < -0.39 is 7.75 Å². The second-order valence-corrected chi connectivity index (χ2v) is 27.8. The molecule has 74 heavy (non-hydrogen) atoms. The summed E-state index contributed by atoms with van der Waals surface area (Å²) in [6.07, 6.45) is 63.0. The topological polar surface area (TPSA) is 88.0 Å². The number of unbranched alkanes of at least 4 members (excludes halogenated alkanes) is 38. The Morgan fingerprint density at radius 3 is 0.959 bits per heavy atom. The van der Waals surface area contributed by atoms with E-state index in [4.69, 9.17) is 19.3 Å². The quantitative estimate of drug-likeness (QED) is 0.0240. The van der Waals surface area contributed by atoms with Gasteiger partial charge < -0.3 is 14.7 Å². The molecule has 0 aromatic heterocycles. The molecule has 0 saturated carbocycles. The molecule has 0 rings (SSSR count). The van der Waals surface area contributed by atoms with Crippen LogP contribution in [0.4, 0.5) is 0 Å². The van der Waals surface area contributed by atoms with Crippen molar-refractivity contribution >= 4 is 31.3 Å². The monoisotopic (exact) mass is 1110 g/mol. The number of aliphatic hydroxyl groups is 2. The summed E-state index contributed by atoms with van der Waals surface area (Å²) in [7, 11) is 4.95. The molecule has 10 heteroatoms. The van der Waals surface area contributed by atoms with Crippen LogP contribution in [0.15, 0.2) is 0 Å². The Morgan fingerprint density at radius 2 is 0.676 bits per heavy atom. The van der Waals surface area contributed by atoms with Crippen molar-refractivity contribution in [3.05, 3.63) is 7.05 Å². The normalized spacial score (nSPS) is 13.6. The molecule has 2 unspecified atom stereocenters. The Morgan fingerprint density at radius 1 is 0.419 bits per heavy atom. The number of hydrogen-bond acceptors (Lipinski definition) is 7. The molecule has 0 bridgehead atoms. The fourth-order valence-electron chi connectivity index (χ4n) is 10.0. The Balaban J connectivity index is 0. The summed E-state index contributed by atoms with van der Waals surface area (Å²) in [6, 6.07) is 0. The molecule has 0 radical (unpaired) electrons. The first-order valence-electron chi connectivity index (χ1n) is 32.5. The van der Waals surface area contributed by atoms with E-state index in [1.165, 1.54) is 281 Å². The average molecular weight is 1110 g/mol. The molecular weight excluding hydrogens is 972 g/mol. The standard InChI is InChI=1S/C63H131N2O5PS2.CH4/c1-6-8-10-12-20-30-40-50-62(72-60-48-38-28-18-14-16-24-34-44-56-66)52-42-32-22-26-36-46-58-69-71(68,64-54-55-65(3,4)5)70-59-47-37-27-23-33-43-53-63(51-41-31-21-13-11-9-7-2)73-61-49-39-29-19-15-17-25-35-45-57-67;/h62-63,66-67H,3,6-61H2,1-2,4-5H3,(H,64,68);1H4. The maximum Gasteiger partial charge on any atom is 0.405 e. The van der Waals surface area contributed by atoms with Gasteiger partial charge in [0.05, 0.1) is 26.3 Å². The number of nitrogens with zero attached hydrogens (tertiary/aromatic N) is 1. The molecule has 0 aliphatic rings. The molecular formula is C64H135N2O5PS2. The molecule has 448 valence electrons. The lowest BCUT2D eigenvalue weighted by atomic mass is 10.0. The molecule has 7 nitrogen and oxygen atoms in total. The highest BCUT2D eigenvalue weighted by Gasteiger charge is 2.24. The van der Waals surface area contributed by atoms with E-state index >= 15 is 0 Å². The lowest BCUT2D eigenvalue weighted by molar-refractivity contribution is -0.844. The van der Waals surface area contributed by atoms with Gasteiger partial charge in [-0.05, 0) is 75.7 Å². The van der Waals surface area contributed by atoms with Crippen LogP contribution in [0.2, 0.25) is 0 Å². The van der Waals surface area contributed by atoms with Crippen molar-refractivity contribution in [2.24, 2.45) is 0 Å². The van der Waals surface area contributed by atoms with Gasteiger partial charge in [-0.1, -0.05) is 265 Å². The predicted octanol–water partition coefficient (Wildman–Crippen LogP) is 21.2. The highest BCUT2D eigenvalue weighted by Crippen LogP contribution is 2.44. The number of aliphatic hydroxyl groups excluding tert-OH is 2. The third-order valence-corrected chi connectivity index (χ3v) is 19.5. The highest BCUT2D eigenvalue weighted by molar-refractivity contribution is 8.00. The van der Waals surface area contributed by atoms with Gasteiger partial charge in [0.2, 0.25) is 0 Å². The van der Waals surface area contributed by atoms with Gasteiger partial charge in [0.15, 0.2) is 0 Å². The van der Waals surface area contributed by atoms with E-state index in [-0.39, 0.29) is 7.43 Å². The van der Waals surface area contributed by atoms with Gasteiger partial charge in [0.25, 0.3) is 0 Å². The van der Waals surface area contributed by atoms with Crippen molar-refractivity contribution < 1.29 is 28.3 Å². The van der Waals surface area contributed by atoms with E-state index in [9.17, 15) is 4.57 Å². The van der Waals surface area contributed by atoms with Crippen LogP contribution in [0.25, 0.3) is 0 Å². The fraction of sp³-hybridized carbons (Fsp3) is 0.984.